The minimum absolute atomic E-state index is 0.847. The van der Waals surface area contributed by atoms with Crippen molar-refractivity contribution in [1.82, 2.24) is 15.6 Å². The van der Waals surface area contributed by atoms with Crippen LogP contribution in [0.3, 0.4) is 0 Å². The largest absolute Gasteiger partial charge is 0.378 e. The minimum Gasteiger partial charge on any atom is -0.378 e. The van der Waals surface area contributed by atoms with E-state index in [0.717, 1.165) is 49.1 Å². The molecule has 19 heavy (non-hydrogen) atoms. The van der Waals surface area contributed by atoms with Crippen molar-refractivity contribution in [2.45, 2.75) is 13.1 Å². The summed E-state index contributed by atoms with van der Waals surface area (Å²) in [6.45, 7) is 3.77. The summed E-state index contributed by atoms with van der Waals surface area (Å²) < 4.78 is 0. The van der Waals surface area contributed by atoms with E-state index in [4.69, 9.17) is 4.98 Å². The van der Waals surface area contributed by atoms with Crippen molar-refractivity contribution in [3.63, 3.8) is 0 Å². The first kappa shape index (κ1) is 15.0. The van der Waals surface area contributed by atoms with E-state index in [2.05, 4.69) is 41.8 Å². The Bertz CT molecular complexity index is 368. The Balaban J connectivity index is 2.11. The van der Waals surface area contributed by atoms with Gasteiger partial charge in [-0.3, -0.25) is 4.98 Å². The van der Waals surface area contributed by atoms with Gasteiger partial charge < -0.3 is 15.5 Å². The Morgan fingerprint density at radius 2 is 1.53 bits per heavy atom. The van der Waals surface area contributed by atoms with Gasteiger partial charge in [0, 0.05) is 57.5 Å². The summed E-state index contributed by atoms with van der Waals surface area (Å²) in [6.07, 6.45) is 0. The molecule has 2 bridgehead atoms. The predicted molar refractivity (Wildman–Crippen MR) is 86.9 cm³/mol. The van der Waals surface area contributed by atoms with Crippen LogP contribution >= 0.6 is 21.6 Å². The highest BCUT2D eigenvalue weighted by atomic mass is 33.1. The van der Waals surface area contributed by atoms with Crippen LogP contribution in [0.25, 0.3) is 0 Å². The predicted octanol–water partition coefficient (Wildman–Crippen LogP) is 1.72. The van der Waals surface area contributed by atoms with Crippen LogP contribution < -0.4 is 15.5 Å². The van der Waals surface area contributed by atoms with Gasteiger partial charge in [-0.05, 0) is 12.1 Å². The average molecular weight is 298 g/mol. The topological polar surface area (TPSA) is 40.2 Å². The van der Waals surface area contributed by atoms with Gasteiger partial charge in [-0.2, -0.15) is 0 Å². The lowest BCUT2D eigenvalue weighted by Crippen LogP contribution is -2.20. The van der Waals surface area contributed by atoms with Crippen LogP contribution in [0.4, 0.5) is 5.69 Å². The maximum atomic E-state index is 4.71. The normalized spacial score (nSPS) is 18.0. The summed E-state index contributed by atoms with van der Waals surface area (Å²) in [5.41, 5.74) is 3.47. The first-order valence-corrected chi connectivity index (χ1v) is 9.07. The van der Waals surface area contributed by atoms with Gasteiger partial charge in [0.25, 0.3) is 0 Å². The molecular weight excluding hydrogens is 276 g/mol. The van der Waals surface area contributed by atoms with Gasteiger partial charge in [-0.15, -0.1) is 0 Å². The molecule has 1 aliphatic heterocycles. The Morgan fingerprint density at radius 3 is 2.00 bits per heavy atom. The zero-order valence-corrected chi connectivity index (χ0v) is 13.2. The second-order valence-electron chi connectivity index (χ2n) is 4.70. The Kier molecular flexibility index (Phi) is 6.30. The monoisotopic (exact) mass is 298 g/mol. The molecule has 0 saturated carbocycles. The number of anilines is 1. The third-order valence-corrected chi connectivity index (χ3v) is 5.26. The number of pyridine rings is 1. The van der Waals surface area contributed by atoms with Gasteiger partial charge in [0.2, 0.25) is 0 Å². The van der Waals surface area contributed by atoms with E-state index in [9.17, 15) is 0 Å². The molecule has 1 aromatic rings. The van der Waals surface area contributed by atoms with Crippen molar-refractivity contribution < 1.29 is 0 Å². The van der Waals surface area contributed by atoms with Gasteiger partial charge in [-0.1, -0.05) is 21.6 Å². The molecule has 0 aliphatic carbocycles. The summed E-state index contributed by atoms with van der Waals surface area (Å²) in [4.78, 5) is 6.85. The zero-order valence-electron chi connectivity index (χ0n) is 11.6. The fraction of sp³-hybridized carbons (Fsp3) is 0.615. The zero-order chi connectivity index (χ0) is 13.5. The fourth-order valence-electron chi connectivity index (χ4n) is 1.85. The average Bonchev–Trinajstić information content (AvgIpc) is 2.41. The second-order valence-corrected chi connectivity index (χ2v) is 7.40. The van der Waals surface area contributed by atoms with Gasteiger partial charge in [-0.25, -0.2) is 0 Å². The van der Waals surface area contributed by atoms with E-state index in [1.54, 1.807) is 0 Å². The number of nitrogens with zero attached hydrogens (tertiary/aromatic N) is 2. The molecule has 106 valence electrons. The molecule has 0 amide bonds. The third-order valence-electron chi connectivity index (χ3n) is 2.85. The van der Waals surface area contributed by atoms with Gasteiger partial charge in [0.05, 0.1) is 11.4 Å². The van der Waals surface area contributed by atoms with E-state index >= 15 is 0 Å². The smallest absolute Gasteiger partial charge is 0.0566 e. The molecule has 2 heterocycles. The van der Waals surface area contributed by atoms with Crippen molar-refractivity contribution >= 4 is 27.3 Å². The summed E-state index contributed by atoms with van der Waals surface area (Å²) in [5.74, 6) is 2.29. The van der Waals surface area contributed by atoms with Gasteiger partial charge in [0.1, 0.15) is 0 Å². The lowest BCUT2D eigenvalue weighted by Gasteiger charge is -2.16. The molecule has 0 unspecified atom stereocenters. The SMILES string of the molecule is CN(C)c1cc2nc(c1)CNCCSSCCNC2. The maximum absolute atomic E-state index is 4.71. The maximum Gasteiger partial charge on any atom is 0.0566 e. The van der Waals surface area contributed by atoms with Crippen molar-refractivity contribution in [2.75, 3.05) is 43.6 Å². The molecule has 1 aromatic heterocycles. The van der Waals surface area contributed by atoms with Crippen LogP contribution in [-0.4, -0.2) is 43.7 Å². The van der Waals surface area contributed by atoms with E-state index in [0.29, 0.717) is 0 Å². The van der Waals surface area contributed by atoms with Crippen molar-refractivity contribution in [3.8, 4) is 0 Å². The highest BCUT2D eigenvalue weighted by molar-refractivity contribution is 8.76. The number of hydrogen-bond acceptors (Lipinski definition) is 6. The molecule has 0 atom stereocenters. The Hall–Kier alpha value is -0.430. The van der Waals surface area contributed by atoms with Crippen LogP contribution in [0.5, 0.6) is 0 Å². The molecule has 2 rings (SSSR count). The number of hydrogen-bond donors (Lipinski definition) is 2. The highest BCUT2D eigenvalue weighted by Crippen LogP contribution is 2.20. The summed E-state index contributed by atoms with van der Waals surface area (Å²) in [6, 6.07) is 4.33. The van der Waals surface area contributed by atoms with Crippen molar-refractivity contribution in [2.24, 2.45) is 0 Å². The van der Waals surface area contributed by atoms with Crippen LogP contribution in [0.2, 0.25) is 0 Å². The Labute approximate surface area is 123 Å². The van der Waals surface area contributed by atoms with E-state index < -0.39 is 0 Å². The number of rotatable bonds is 1. The lowest BCUT2D eigenvalue weighted by molar-refractivity contribution is 0.687. The van der Waals surface area contributed by atoms with E-state index in [1.165, 1.54) is 5.69 Å². The lowest BCUT2D eigenvalue weighted by atomic mass is 10.2. The molecule has 0 aromatic carbocycles. The first-order valence-electron chi connectivity index (χ1n) is 6.59. The fourth-order valence-corrected chi connectivity index (χ4v) is 3.75. The molecule has 0 saturated heterocycles. The first-order chi connectivity index (χ1) is 9.25. The summed E-state index contributed by atoms with van der Waals surface area (Å²) >= 11 is 0. The van der Waals surface area contributed by atoms with Crippen LogP contribution in [0.1, 0.15) is 11.4 Å². The quantitative estimate of drug-likeness (QED) is 0.770. The van der Waals surface area contributed by atoms with Crippen LogP contribution in [-0.2, 0) is 13.1 Å². The van der Waals surface area contributed by atoms with E-state index in [-0.39, 0.29) is 0 Å². The van der Waals surface area contributed by atoms with Crippen molar-refractivity contribution in [3.05, 3.63) is 23.5 Å². The summed E-state index contributed by atoms with van der Waals surface area (Å²) in [5, 5.41) is 6.93. The number of nitrogens with one attached hydrogen (secondary N) is 2. The number of fused-ring (bicyclic) bond motifs is 2. The summed E-state index contributed by atoms with van der Waals surface area (Å²) in [7, 11) is 8.03. The standard InChI is InChI=1S/C13H22N4S2/c1-17(2)13-7-11-9-14-3-5-18-19-6-4-15-10-12(8-13)16-11/h7-8,14-15H,3-6,9-10H2,1-2H3. The molecule has 4 nitrogen and oxygen atoms in total. The Morgan fingerprint density at radius 1 is 1.00 bits per heavy atom. The molecule has 0 fully saturated rings. The second kappa shape index (κ2) is 7.99. The molecular formula is C13H22N4S2. The van der Waals surface area contributed by atoms with Crippen LogP contribution in [0, 0.1) is 0 Å². The van der Waals surface area contributed by atoms with Gasteiger partial charge >= 0.3 is 0 Å². The molecule has 6 heteroatoms. The number of aromatic nitrogens is 1. The molecule has 2 N–H and O–H groups in total. The molecule has 0 radical (unpaired) electrons. The molecule has 1 aliphatic rings. The highest BCUT2D eigenvalue weighted by Gasteiger charge is 2.05. The van der Waals surface area contributed by atoms with Gasteiger partial charge in [0.15, 0.2) is 0 Å². The van der Waals surface area contributed by atoms with E-state index in [1.807, 2.05) is 21.6 Å². The van der Waals surface area contributed by atoms with Crippen LogP contribution in [0.15, 0.2) is 12.1 Å². The molecule has 0 spiro atoms. The third kappa shape index (κ3) is 5.22. The van der Waals surface area contributed by atoms with Crippen molar-refractivity contribution in [1.29, 1.82) is 0 Å². The minimum atomic E-state index is 0.847.